The maximum absolute atomic E-state index is 12.6. The van der Waals surface area contributed by atoms with Gasteiger partial charge in [-0.3, -0.25) is 9.59 Å². The fourth-order valence-corrected chi connectivity index (χ4v) is 2.04. The fourth-order valence-electron chi connectivity index (χ4n) is 2.04. The molecule has 0 fully saturated rings. The Hall–Kier alpha value is -2.68. The van der Waals surface area contributed by atoms with Crippen molar-refractivity contribution in [2.45, 2.75) is 19.3 Å². The average molecular weight is 355 g/mol. The highest BCUT2D eigenvalue weighted by Crippen LogP contribution is 2.27. The van der Waals surface area contributed by atoms with Crippen molar-refractivity contribution in [3.8, 4) is 0 Å². The zero-order valence-electron chi connectivity index (χ0n) is 13.3. The molecule has 1 amide bonds. The number of methoxy groups -OCH3 is 1. The molecule has 0 aliphatic rings. The molecule has 0 aliphatic heterocycles. The Bertz CT molecular complexity index is 803. The Morgan fingerprint density at radius 2 is 2.04 bits per heavy atom. The first kappa shape index (κ1) is 18.7. The monoisotopic (exact) mass is 355 g/mol. The number of hydrogen-bond donors (Lipinski definition) is 1. The molecule has 0 bridgehead atoms. The molecule has 2 aromatic rings. The Morgan fingerprint density at radius 1 is 1.28 bits per heavy atom. The number of pyridine rings is 2. The second kappa shape index (κ2) is 7.93. The first-order valence-electron chi connectivity index (χ1n) is 7.32. The molecule has 2 rings (SSSR count). The van der Waals surface area contributed by atoms with Crippen LogP contribution in [0.15, 0.2) is 41.3 Å². The maximum Gasteiger partial charge on any atom is 0.433 e. The van der Waals surface area contributed by atoms with Crippen LogP contribution in [0, 0.1) is 0 Å². The van der Waals surface area contributed by atoms with Gasteiger partial charge < -0.3 is 14.6 Å². The summed E-state index contributed by atoms with van der Waals surface area (Å²) in [4.78, 5) is 27.3. The largest absolute Gasteiger partial charge is 0.433 e. The van der Waals surface area contributed by atoms with Gasteiger partial charge in [0.05, 0.1) is 24.4 Å². The lowest BCUT2D eigenvalue weighted by atomic mass is 10.2. The number of aromatic nitrogens is 2. The van der Waals surface area contributed by atoms with Crippen LogP contribution in [0.25, 0.3) is 0 Å². The van der Waals surface area contributed by atoms with E-state index in [1.165, 1.54) is 42.1 Å². The van der Waals surface area contributed by atoms with Gasteiger partial charge in [-0.1, -0.05) is 6.07 Å². The molecule has 1 N–H and O–H groups in total. The first-order chi connectivity index (χ1) is 11.8. The summed E-state index contributed by atoms with van der Waals surface area (Å²) in [6.07, 6.45) is -3.17. The maximum atomic E-state index is 12.6. The van der Waals surface area contributed by atoms with Crippen LogP contribution in [0.3, 0.4) is 0 Å². The fraction of sp³-hybridized carbons (Fsp3) is 0.312. The summed E-state index contributed by atoms with van der Waals surface area (Å²) in [6.45, 7) is 0.421. The van der Waals surface area contributed by atoms with E-state index in [1.807, 2.05) is 0 Å². The molecule has 0 radical (unpaired) electrons. The molecule has 2 aromatic heterocycles. The Kier molecular flexibility index (Phi) is 5.92. The third-order valence-corrected chi connectivity index (χ3v) is 3.31. The lowest BCUT2D eigenvalue weighted by Crippen LogP contribution is -2.27. The molecule has 0 unspecified atom stereocenters. The Morgan fingerprint density at radius 3 is 2.72 bits per heavy atom. The molecule has 0 saturated heterocycles. The van der Waals surface area contributed by atoms with Gasteiger partial charge in [0, 0.05) is 25.9 Å². The molecule has 134 valence electrons. The van der Waals surface area contributed by atoms with Crippen LogP contribution in [0.4, 0.5) is 13.2 Å². The smallest absolute Gasteiger partial charge is 0.383 e. The highest BCUT2D eigenvalue weighted by Gasteiger charge is 2.32. The summed E-state index contributed by atoms with van der Waals surface area (Å²) in [6, 6.07) is 6.06. The van der Waals surface area contributed by atoms with E-state index >= 15 is 0 Å². The van der Waals surface area contributed by atoms with Crippen LogP contribution >= 0.6 is 0 Å². The number of hydrogen-bond acceptors (Lipinski definition) is 4. The van der Waals surface area contributed by atoms with Crippen LogP contribution in [0.5, 0.6) is 0 Å². The van der Waals surface area contributed by atoms with E-state index in [2.05, 4.69) is 10.3 Å². The molecular weight excluding hydrogens is 339 g/mol. The van der Waals surface area contributed by atoms with Crippen LogP contribution in [-0.2, 0) is 24.0 Å². The SMILES string of the molecule is COCCn1cc(C(=O)NCc2cccc(C(F)(F)F)n2)ccc1=O. The van der Waals surface area contributed by atoms with Gasteiger partial charge in [-0.05, 0) is 18.2 Å². The van der Waals surface area contributed by atoms with Gasteiger partial charge in [0.15, 0.2) is 0 Å². The van der Waals surface area contributed by atoms with Crippen molar-refractivity contribution in [3.05, 3.63) is 63.8 Å². The second-order valence-electron chi connectivity index (χ2n) is 5.14. The molecular formula is C16H16F3N3O3. The van der Waals surface area contributed by atoms with Crippen molar-refractivity contribution in [1.82, 2.24) is 14.9 Å². The lowest BCUT2D eigenvalue weighted by molar-refractivity contribution is -0.141. The van der Waals surface area contributed by atoms with Crippen molar-refractivity contribution < 1.29 is 22.7 Å². The zero-order chi connectivity index (χ0) is 18.4. The number of nitrogens with zero attached hydrogens (tertiary/aromatic N) is 2. The average Bonchev–Trinajstić information content (AvgIpc) is 2.58. The molecule has 0 aliphatic carbocycles. The number of carbonyl (C=O) groups excluding carboxylic acids is 1. The standard InChI is InChI=1S/C16H16F3N3O3/c1-25-8-7-22-10-11(5-6-14(22)23)15(24)20-9-12-3-2-4-13(21-12)16(17,18)19/h2-6,10H,7-9H2,1H3,(H,20,24). The summed E-state index contributed by atoms with van der Waals surface area (Å²) in [5.41, 5.74) is -1.01. The van der Waals surface area contributed by atoms with E-state index in [0.29, 0.717) is 6.61 Å². The van der Waals surface area contributed by atoms with Gasteiger partial charge >= 0.3 is 6.18 Å². The number of amides is 1. The van der Waals surface area contributed by atoms with E-state index in [0.717, 1.165) is 6.07 Å². The van der Waals surface area contributed by atoms with Gasteiger partial charge in [0.25, 0.3) is 11.5 Å². The molecule has 6 nitrogen and oxygen atoms in total. The van der Waals surface area contributed by atoms with Crippen molar-refractivity contribution in [1.29, 1.82) is 0 Å². The van der Waals surface area contributed by atoms with Crippen LogP contribution in [-0.4, -0.2) is 29.2 Å². The lowest BCUT2D eigenvalue weighted by Gasteiger charge is -2.10. The van der Waals surface area contributed by atoms with Gasteiger partial charge in [0.1, 0.15) is 5.69 Å². The molecule has 0 spiro atoms. The number of nitrogens with one attached hydrogen (secondary N) is 1. The van der Waals surface area contributed by atoms with E-state index in [4.69, 9.17) is 4.74 Å². The summed E-state index contributed by atoms with van der Waals surface area (Å²) < 4.78 is 44.1. The molecule has 2 heterocycles. The quantitative estimate of drug-likeness (QED) is 0.858. The summed E-state index contributed by atoms with van der Waals surface area (Å²) >= 11 is 0. The molecule has 0 aromatic carbocycles. The third kappa shape index (κ3) is 5.15. The number of rotatable bonds is 6. The topological polar surface area (TPSA) is 73.2 Å². The summed E-state index contributed by atoms with van der Waals surface area (Å²) in [5, 5.41) is 2.48. The highest BCUT2D eigenvalue weighted by atomic mass is 19.4. The van der Waals surface area contributed by atoms with Crippen LogP contribution in [0.2, 0.25) is 0 Å². The van der Waals surface area contributed by atoms with Crippen molar-refractivity contribution in [3.63, 3.8) is 0 Å². The minimum atomic E-state index is -4.54. The minimum Gasteiger partial charge on any atom is -0.383 e. The zero-order valence-corrected chi connectivity index (χ0v) is 13.3. The van der Waals surface area contributed by atoms with E-state index in [9.17, 15) is 22.8 Å². The van der Waals surface area contributed by atoms with Crippen LogP contribution in [0.1, 0.15) is 21.7 Å². The van der Waals surface area contributed by atoms with Gasteiger partial charge in [0.2, 0.25) is 0 Å². The molecule has 9 heteroatoms. The Labute approximate surface area is 141 Å². The normalized spacial score (nSPS) is 11.4. The molecule has 0 saturated carbocycles. The van der Waals surface area contributed by atoms with Gasteiger partial charge in [-0.15, -0.1) is 0 Å². The number of halogens is 3. The predicted octanol–water partition coefficient (Wildman–Crippen LogP) is 1.84. The summed E-state index contributed by atoms with van der Waals surface area (Å²) in [7, 11) is 1.49. The van der Waals surface area contributed by atoms with E-state index in [-0.39, 0.29) is 29.9 Å². The predicted molar refractivity (Wildman–Crippen MR) is 83.0 cm³/mol. The van der Waals surface area contributed by atoms with Gasteiger partial charge in [-0.25, -0.2) is 4.98 Å². The molecule has 0 atom stereocenters. The summed E-state index contributed by atoms with van der Waals surface area (Å²) in [5.74, 6) is -0.523. The van der Waals surface area contributed by atoms with Crippen molar-refractivity contribution >= 4 is 5.91 Å². The van der Waals surface area contributed by atoms with Gasteiger partial charge in [-0.2, -0.15) is 13.2 Å². The highest BCUT2D eigenvalue weighted by molar-refractivity contribution is 5.93. The molecule has 25 heavy (non-hydrogen) atoms. The first-order valence-corrected chi connectivity index (χ1v) is 7.32. The van der Waals surface area contributed by atoms with Crippen LogP contribution < -0.4 is 10.9 Å². The number of carbonyl (C=O) groups is 1. The van der Waals surface area contributed by atoms with E-state index < -0.39 is 17.8 Å². The van der Waals surface area contributed by atoms with Crippen molar-refractivity contribution in [2.75, 3.05) is 13.7 Å². The minimum absolute atomic E-state index is 0.0795. The number of alkyl halides is 3. The van der Waals surface area contributed by atoms with E-state index in [1.54, 1.807) is 0 Å². The third-order valence-electron chi connectivity index (χ3n) is 3.31. The Balaban J connectivity index is 2.07. The number of ether oxygens (including phenoxy) is 1. The second-order valence-corrected chi connectivity index (χ2v) is 5.14. The van der Waals surface area contributed by atoms with Crippen molar-refractivity contribution in [2.24, 2.45) is 0 Å².